The summed E-state index contributed by atoms with van der Waals surface area (Å²) in [5, 5.41) is 7.33. The fraction of sp³-hybridized carbons (Fsp3) is 1.00. The topological polar surface area (TPSA) is 110 Å². The molecular weight excluding hydrogens is 318 g/mol. The van der Waals surface area contributed by atoms with Gasteiger partial charge in [-0.15, -0.1) is 0 Å². The van der Waals surface area contributed by atoms with Crippen molar-refractivity contribution < 1.29 is 55.6 Å². The summed E-state index contributed by atoms with van der Waals surface area (Å²) < 4.78 is 21.8. The van der Waals surface area contributed by atoms with Gasteiger partial charge in [0.25, 0.3) is 0 Å². The normalized spacial score (nSPS) is 13.5. The first kappa shape index (κ1) is 18.3. The van der Waals surface area contributed by atoms with Crippen LogP contribution in [0.2, 0.25) is 0 Å². The second kappa shape index (κ2) is 14.1. The summed E-state index contributed by atoms with van der Waals surface area (Å²) in [4.78, 5) is 18.6. The molecule has 0 fully saturated rings. The SMILES string of the molecule is O=[PH]([O-])O[PH](=O)[O-].OCCl.[Cd+2]. The van der Waals surface area contributed by atoms with Crippen molar-refractivity contribution >= 4 is 28.1 Å². The second-order valence-corrected chi connectivity index (χ2v) is 2.78. The summed E-state index contributed by atoms with van der Waals surface area (Å²) in [6.07, 6.45) is 0. The van der Waals surface area contributed by atoms with Crippen LogP contribution >= 0.6 is 28.1 Å². The van der Waals surface area contributed by atoms with E-state index >= 15 is 0 Å². The summed E-state index contributed by atoms with van der Waals surface area (Å²) in [5.41, 5.74) is 0. The molecular formula is CH5CdClO6P2. The van der Waals surface area contributed by atoms with E-state index in [-0.39, 0.29) is 33.4 Å². The third-order valence-corrected chi connectivity index (χ3v) is 1.50. The molecule has 0 aliphatic rings. The monoisotopic (exact) mass is 324 g/mol. The molecule has 0 saturated heterocycles. The Bertz CT molecular complexity index is 107. The molecule has 0 aliphatic heterocycles. The van der Waals surface area contributed by atoms with Gasteiger partial charge in [0.05, 0.1) is 0 Å². The van der Waals surface area contributed by atoms with E-state index in [9.17, 15) is 18.9 Å². The van der Waals surface area contributed by atoms with Gasteiger partial charge in [0, 0.05) is 0 Å². The van der Waals surface area contributed by atoms with Gasteiger partial charge in [0.15, 0.2) is 0 Å². The van der Waals surface area contributed by atoms with Crippen LogP contribution < -0.4 is 9.79 Å². The molecule has 0 amide bonds. The Labute approximate surface area is 89.6 Å². The molecule has 0 rings (SSSR count). The molecule has 0 aliphatic carbocycles. The minimum absolute atomic E-state index is 0. The second-order valence-electron chi connectivity index (χ2n) is 0.722. The zero-order valence-electron chi connectivity index (χ0n) is 5.28. The Morgan fingerprint density at radius 1 is 1.36 bits per heavy atom. The van der Waals surface area contributed by atoms with Gasteiger partial charge in [-0.2, -0.15) is 0 Å². The molecule has 0 aromatic rings. The number of aliphatic hydroxyl groups excluding tert-OH is 1. The first-order valence-corrected chi connectivity index (χ1v) is 4.79. The van der Waals surface area contributed by atoms with Crippen molar-refractivity contribution in [2.75, 3.05) is 6.07 Å². The predicted octanol–water partition coefficient (Wildman–Crippen LogP) is -1.32. The van der Waals surface area contributed by atoms with Crippen molar-refractivity contribution in [2.45, 2.75) is 0 Å². The number of aliphatic hydroxyl groups is 1. The van der Waals surface area contributed by atoms with Crippen molar-refractivity contribution in [2.24, 2.45) is 0 Å². The largest absolute Gasteiger partial charge is 2.00 e. The summed E-state index contributed by atoms with van der Waals surface area (Å²) in [7, 11) is -7.03. The molecule has 6 nitrogen and oxygen atoms in total. The van der Waals surface area contributed by atoms with Crippen LogP contribution in [0.4, 0.5) is 0 Å². The molecule has 0 aromatic carbocycles. The van der Waals surface area contributed by atoms with Gasteiger partial charge in [-0.05, 0) is 0 Å². The number of hydrogen-bond acceptors (Lipinski definition) is 6. The summed E-state index contributed by atoms with van der Waals surface area (Å²) >= 11 is 4.55. The smallest absolute Gasteiger partial charge is 0.781 e. The molecule has 0 heterocycles. The van der Waals surface area contributed by atoms with E-state index in [0.717, 1.165) is 0 Å². The fourth-order valence-electron chi connectivity index (χ4n) is 0.0680. The van der Waals surface area contributed by atoms with Gasteiger partial charge >= 0.3 is 27.3 Å². The van der Waals surface area contributed by atoms with Crippen molar-refractivity contribution in [1.82, 2.24) is 0 Å². The van der Waals surface area contributed by atoms with Crippen molar-refractivity contribution in [3.63, 3.8) is 0 Å². The van der Waals surface area contributed by atoms with Crippen LogP contribution in [0.1, 0.15) is 0 Å². The Kier molecular flexibility index (Phi) is 23.4. The van der Waals surface area contributed by atoms with E-state index in [4.69, 9.17) is 5.11 Å². The number of halogens is 1. The van der Waals surface area contributed by atoms with Crippen molar-refractivity contribution in [3.05, 3.63) is 0 Å². The van der Waals surface area contributed by atoms with E-state index in [2.05, 4.69) is 15.9 Å². The quantitative estimate of drug-likeness (QED) is 0.383. The van der Waals surface area contributed by atoms with Crippen LogP contribution in [0.3, 0.4) is 0 Å². The Morgan fingerprint density at radius 3 is 1.55 bits per heavy atom. The minimum atomic E-state index is -3.51. The first-order valence-electron chi connectivity index (χ1n) is 1.81. The molecule has 2 unspecified atom stereocenters. The van der Waals surface area contributed by atoms with Gasteiger partial charge in [-0.1, -0.05) is 11.6 Å². The Morgan fingerprint density at radius 2 is 1.55 bits per heavy atom. The molecule has 0 saturated carbocycles. The molecule has 0 aromatic heterocycles. The summed E-state index contributed by atoms with van der Waals surface area (Å²) in [6, 6.07) is -0.278. The van der Waals surface area contributed by atoms with Crippen LogP contribution in [-0.4, -0.2) is 11.2 Å². The molecule has 10 heteroatoms. The van der Waals surface area contributed by atoms with Crippen LogP contribution in [-0.2, 0) is 40.7 Å². The Hall–Kier alpha value is 1.51. The van der Waals surface area contributed by atoms with Gasteiger partial charge in [-0.25, -0.2) is 0 Å². The maximum absolute atomic E-state index is 9.29. The molecule has 0 radical (unpaired) electrons. The van der Waals surface area contributed by atoms with Gasteiger partial charge in [0.1, 0.15) is 22.6 Å². The maximum atomic E-state index is 9.29. The Balaban J connectivity index is -0.000000140. The van der Waals surface area contributed by atoms with E-state index in [1.807, 2.05) is 0 Å². The average molecular weight is 323 g/mol. The molecule has 0 spiro atoms. The van der Waals surface area contributed by atoms with E-state index in [0.29, 0.717) is 0 Å². The van der Waals surface area contributed by atoms with Crippen LogP contribution in [0.5, 0.6) is 0 Å². The molecule has 0 bridgehead atoms. The van der Waals surface area contributed by atoms with Gasteiger partial charge in [0.2, 0.25) is 0 Å². The molecule has 11 heavy (non-hydrogen) atoms. The minimum Gasteiger partial charge on any atom is -0.781 e. The number of hydrogen-bond donors (Lipinski definition) is 1. The zero-order valence-corrected chi connectivity index (χ0v) is 12.1. The third-order valence-electron chi connectivity index (χ3n) is 0.167. The predicted molar refractivity (Wildman–Crippen MR) is 32.0 cm³/mol. The van der Waals surface area contributed by atoms with Gasteiger partial charge in [-0.3, -0.25) is 4.31 Å². The molecule has 2 atom stereocenters. The van der Waals surface area contributed by atoms with Crippen molar-refractivity contribution in [3.8, 4) is 0 Å². The standard InChI is InChI=1S/CH3ClO.Cd.H4O5P2/c2-1-3;;1-6(2)5-7(3)4/h3H,1H2;;6-7H,(H,1,2)(H,3,4)/q;+2;/p-2. The van der Waals surface area contributed by atoms with E-state index in [1.165, 1.54) is 0 Å². The van der Waals surface area contributed by atoms with Crippen LogP contribution in [0.15, 0.2) is 0 Å². The maximum Gasteiger partial charge on any atom is 2.00 e. The fourth-order valence-corrected chi connectivity index (χ4v) is 0.612. The number of alkyl halides is 1. The molecule has 64 valence electrons. The van der Waals surface area contributed by atoms with Crippen LogP contribution in [0, 0.1) is 0 Å². The molecule has 1 N–H and O–H groups in total. The van der Waals surface area contributed by atoms with E-state index < -0.39 is 16.5 Å². The summed E-state index contributed by atoms with van der Waals surface area (Å²) in [5.74, 6) is 0. The third kappa shape index (κ3) is 34.3. The van der Waals surface area contributed by atoms with Crippen LogP contribution in [0.25, 0.3) is 0 Å². The zero-order chi connectivity index (χ0) is 8.57. The van der Waals surface area contributed by atoms with Gasteiger partial charge < -0.3 is 24.0 Å². The van der Waals surface area contributed by atoms with E-state index in [1.54, 1.807) is 0 Å². The average Bonchev–Trinajstić information content (AvgIpc) is 1.62. The summed E-state index contributed by atoms with van der Waals surface area (Å²) in [6.45, 7) is 0. The first-order chi connectivity index (χ1) is 4.54. The number of rotatable bonds is 2. The van der Waals surface area contributed by atoms with Crippen molar-refractivity contribution in [1.29, 1.82) is 0 Å².